The van der Waals surface area contributed by atoms with Crippen molar-refractivity contribution in [2.45, 2.75) is 200 Å². The molecule has 12 heteroatoms. The minimum absolute atomic E-state index is 0.0283. The van der Waals surface area contributed by atoms with Gasteiger partial charge >= 0.3 is 25.7 Å². The maximum atomic E-state index is 12.9. The molecule has 2 N–H and O–H groups in total. The first-order valence-corrected chi connectivity index (χ1v) is 28.6. The fourth-order valence-electron chi connectivity index (χ4n) is 6.51. The molecule has 0 fully saturated rings. The van der Waals surface area contributed by atoms with Crippen LogP contribution in [0.5, 0.6) is 0 Å². The zero-order chi connectivity index (χ0) is 52.7. The van der Waals surface area contributed by atoms with Crippen molar-refractivity contribution in [3.63, 3.8) is 0 Å². The number of esters is 3. The summed E-state index contributed by atoms with van der Waals surface area (Å²) in [7, 11) is -4.79. The van der Waals surface area contributed by atoms with Crippen molar-refractivity contribution in [1.82, 2.24) is 0 Å². The number of hydrogen-bond donors (Lipinski definition) is 2. The predicted octanol–water partition coefficient (Wildman–Crippen LogP) is 15.8. The summed E-state index contributed by atoms with van der Waals surface area (Å²) in [6, 6.07) is 0. The zero-order valence-corrected chi connectivity index (χ0v) is 45.5. The Hall–Kier alpha value is -4.38. The molecule has 0 rings (SSSR count). The third kappa shape index (κ3) is 50.6. The summed E-state index contributed by atoms with van der Waals surface area (Å²) < 4.78 is 39.2. The van der Waals surface area contributed by atoms with Crippen LogP contribution in [0.3, 0.4) is 0 Å². The second-order valence-electron chi connectivity index (χ2n) is 17.3. The topological polar surface area (TPSA) is 155 Å². The van der Waals surface area contributed by atoms with Crippen LogP contribution in [0.15, 0.2) is 134 Å². The summed E-state index contributed by atoms with van der Waals surface area (Å²) >= 11 is 0. The first kappa shape index (κ1) is 67.6. The highest BCUT2D eigenvalue weighted by Crippen LogP contribution is 2.43. The Morgan fingerprint density at radius 2 is 0.750 bits per heavy atom. The van der Waals surface area contributed by atoms with E-state index in [1.807, 2.05) is 30.4 Å². The molecule has 0 aliphatic rings. The first-order chi connectivity index (χ1) is 35.2. The van der Waals surface area contributed by atoms with Gasteiger partial charge in [0.25, 0.3) is 0 Å². The molecule has 0 amide bonds. The Labute approximate surface area is 436 Å². The lowest BCUT2D eigenvalue weighted by Crippen LogP contribution is -2.30. The van der Waals surface area contributed by atoms with E-state index >= 15 is 0 Å². The minimum Gasteiger partial charge on any atom is -0.462 e. The van der Waals surface area contributed by atoms with E-state index in [1.54, 1.807) is 0 Å². The highest BCUT2D eigenvalue weighted by atomic mass is 31.2. The summed E-state index contributed by atoms with van der Waals surface area (Å²) in [6.07, 6.45) is 65.9. The average Bonchev–Trinajstić information content (AvgIpc) is 3.37. The molecule has 72 heavy (non-hydrogen) atoms. The molecule has 0 heterocycles. The molecule has 11 nitrogen and oxygen atoms in total. The molecule has 0 spiro atoms. The minimum atomic E-state index is -4.79. The third-order valence-corrected chi connectivity index (χ3v) is 11.5. The average molecular weight is 1020 g/mol. The van der Waals surface area contributed by atoms with Crippen LogP contribution >= 0.6 is 7.82 Å². The van der Waals surface area contributed by atoms with Crippen molar-refractivity contribution >= 4 is 25.7 Å². The molecule has 0 aliphatic heterocycles. The molecular formula is C60H95O11P. The standard InChI is InChI=1S/C60H95O11P/c1-4-7-10-13-16-19-22-25-26-27-28-29-30-33-36-39-42-45-48-51-60(64)71-57(53-67-58(62)49-46-43-40-37-34-31-23-20-17-14-11-8-5-2)55-69-72(65,66)68-54-56(52-61)70-59(63)50-47-44-41-38-35-32-24-21-18-15-12-9-6-3/h7,9-10,12,16,18-21,23,25-26,28-29,32-33,35-36,41-42,44-45,56-57,61H,4-6,8,11,13-15,17,22,24,27,30-31,34,37-40,43,46-55H2,1-3H3,(H,65,66)/b10-7-,12-9-,19-16-,21-18-,23-20-,26-25-,29-28-,35-32-,36-33-,44-41-,45-42-. The Bertz CT molecular complexity index is 1710. The van der Waals surface area contributed by atoms with Crippen molar-refractivity contribution in [3.05, 3.63) is 134 Å². The Kier molecular flexibility index (Phi) is 49.7. The quantitative estimate of drug-likeness (QED) is 0.0197. The number of phosphoric ester groups is 1. The van der Waals surface area contributed by atoms with Crippen molar-refractivity contribution in [3.8, 4) is 0 Å². The molecule has 3 unspecified atom stereocenters. The van der Waals surface area contributed by atoms with E-state index in [0.29, 0.717) is 25.7 Å². The highest BCUT2D eigenvalue weighted by Gasteiger charge is 2.28. The van der Waals surface area contributed by atoms with Crippen LogP contribution in [0, 0.1) is 0 Å². The van der Waals surface area contributed by atoms with E-state index in [4.69, 9.17) is 23.3 Å². The Morgan fingerprint density at radius 3 is 1.17 bits per heavy atom. The largest absolute Gasteiger partial charge is 0.472 e. The zero-order valence-electron chi connectivity index (χ0n) is 44.6. The van der Waals surface area contributed by atoms with Crippen LogP contribution in [0.1, 0.15) is 188 Å². The number of allylic oxidation sites excluding steroid dienone is 22. The monoisotopic (exact) mass is 1020 g/mol. The maximum Gasteiger partial charge on any atom is 0.472 e. The van der Waals surface area contributed by atoms with Gasteiger partial charge in [0.15, 0.2) is 6.10 Å². The molecule has 0 aromatic carbocycles. The van der Waals surface area contributed by atoms with Gasteiger partial charge in [-0.15, -0.1) is 0 Å². The van der Waals surface area contributed by atoms with Crippen LogP contribution in [-0.2, 0) is 42.2 Å². The van der Waals surface area contributed by atoms with Gasteiger partial charge in [0, 0.05) is 19.3 Å². The number of carbonyl (C=O) groups is 3. The van der Waals surface area contributed by atoms with Crippen LogP contribution in [0.25, 0.3) is 0 Å². The fraction of sp³-hybridized carbons (Fsp3) is 0.583. The number of phosphoric acid groups is 1. The number of ether oxygens (including phenoxy) is 3. The van der Waals surface area contributed by atoms with Crippen LogP contribution in [0.4, 0.5) is 0 Å². The second-order valence-corrected chi connectivity index (χ2v) is 18.7. The molecule has 0 radical (unpaired) electrons. The van der Waals surface area contributed by atoms with Gasteiger partial charge in [-0.3, -0.25) is 23.4 Å². The summed E-state index contributed by atoms with van der Waals surface area (Å²) in [5.41, 5.74) is 0. The summed E-state index contributed by atoms with van der Waals surface area (Å²) in [4.78, 5) is 48.3. The van der Waals surface area contributed by atoms with Gasteiger partial charge in [0.2, 0.25) is 0 Å². The van der Waals surface area contributed by atoms with Crippen LogP contribution in [0.2, 0.25) is 0 Å². The molecule has 3 atom stereocenters. The second kappa shape index (κ2) is 52.9. The Balaban J connectivity index is 4.95. The van der Waals surface area contributed by atoms with Gasteiger partial charge in [-0.05, 0) is 109 Å². The number of aliphatic hydroxyl groups excluding tert-OH is 1. The van der Waals surface area contributed by atoms with E-state index in [0.717, 1.165) is 96.3 Å². The summed E-state index contributed by atoms with van der Waals surface area (Å²) in [5, 5.41) is 9.77. The van der Waals surface area contributed by atoms with Gasteiger partial charge in [-0.1, -0.05) is 193 Å². The lowest BCUT2D eigenvalue weighted by Gasteiger charge is -2.21. The molecule has 0 aliphatic carbocycles. The number of carbonyl (C=O) groups excluding carboxylic acids is 3. The molecular weight excluding hydrogens is 928 g/mol. The fourth-order valence-corrected chi connectivity index (χ4v) is 7.29. The molecule has 0 saturated heterocycles. The molecule has 0 saturated carbocycles. The predicted molar refractivity (Wildman–Crippen MR) is 297 cm³/mol. The van der Waals surface area contributed by atoms with Crippen molar-refractivity contribution in [2.24, 2.45) is 0 Å². The van der Waals surface area contributed by atoms with Gasteiger partial charge in [-0.25, -0.2) is 4.57 Å². The molecule has 0 bridgehead atoms. The number of rotatable bonds is 48. The normalized spacial score (nSPS) is 14.5. The van der Waals surface area contributed by atoms with E-state index in [9.17, 15) is 28.9 Å². The van der Waals surface area contributed by atoms with E-state index in [2.05, 4.69) is 124 Å². The molecule has 0 aromatic heterocycles. The number of aliphatic hydroxyl groups is 1. The third-order valence-electron chi connectivity index (χ3n) is 10.6. The lowest BCUT2D eigenvalue weighted by molar-refractivity contribution is -0.161. The maximum absolute atomic E-state index is 12.9. The molecule has 0 aromatic rings. The van der Waals surface area contributed by atoms with Crippen molar-refractivity contribution < 1.29 is 52.2 Å². The van der Waals surface area contributed by atoms with Gasteiger partial charge in [0.1, 0.15) is 12.7 Å². The highest BCUT2D eigenvalue weighted by molar-refractivity contribution is 7.47. The van der Waals surface area contributed by atoms with Gasteiger partial charge in [-0.2, -0.15) is 0 Å². The van der Waals surface area contributed by atoms with Crippen molar-refractivity contribution in [2.75, 3.05) is 26.4 Å². The SMILES string of the molecule is CC/C=C\C/C=C\C/C=C\C/C=C\C/C=C\C/C=C\CCC(=O)OC(COC(=O)CCCCCCC/C=C\CCCCCC)COP(=O)(O)OCC(CO)OC(=O)CC/C=C\C/C=C\C/C=C\C/C=C\CC. The van der Waals surface area contributed by atoms with E-state index < -0.39 is 57.8 Å². The van der Waals surface area contributed by atoms with Gasteiger partial charge in [0.05, 0.1) is 19.8 Å². The summed E-state index contributed by atoms with van der Waals surface area (Å²) in [6.45, 7) is 4.18. The van der Waals surface area contributed by atoms with E-state index in [-0.39, 0.29) is 25.9 Å². The van der Waals surface area contributed by atoms with Crippen molar-refractivity contribution in [1.29, 1.82) is 0 Å². The summed E-state index contributed by atoms with van der Waals surface area (Å²) in [5.74, 6) is -1.68. The van der Waals surface area contributed by atoms with E-state index in [1.165, 1.54) is 25.7 Å². The first-order valence-electron chi connectivity index (χ1n) is 27.1. The van der Waals surface area contributed by atoms with Crippen LogP contribution in [-0.4, -0.2) is 66.5 Å². The Morgan fingerprint density at radius 1 is 0.403 bits per heavy atom. The van der Waals surface area contributed by atoms with Gasteiger partial charge < -0.3 is 24.2 Å². The van der Waals surface area contributed by atoms with Crippen LogP contribution < -0.4 is 0 Å². The molecule has 406 valence electrons. The number of hydrogen-bond acceptors (Lipinski definition) is 10. The number of unbranched alkanes of at least 4 members (excludes halogenated alkanes) is 9. The lowest BCUT2D eigenvalue weighted by atomic mass is 10.1. The smallest absolute Gasteiger partial charge is 0.462 e.